The highest BCUT2D eigenvalue weighted by atomic mass is 19.4. The molecule has 2 heterocycles. The minimum absolute atomic E-state index is 0.316. The van der Waals surface area contributed by atoms with Crippen LogP contribution in [0, 0.1) is 0 Å². The molecule has 0 aliphatic rings. The zero-order valence-electron chi connectivity index (χ0n) is 9.09. The van der Waals surface area contributed by atoms with Gasteiger partial charge in [0.1, 0.15) is 0 Å². The van der Waals surface area contributed by atoms with E-state index < -0.39 is 17.5 Å². The second kappa shape index (κ2) is 4.38. The van der Waals surface area contributed by atoms with Gasteiger partial charge in [-0.25, -0.2) is 0 Å². The third kappa shape index (κ3) is 1.95. The average Bonchev–Trinajstić information content (AvgIpc) is 2.38. The molecule has 0 aromatic carbocycles. The molecule has 3 nitrogen and oxygen atoms in total. The third-order valence-electron chi connectivity index (χ3n) is 2.54. The Morgan fingerprint density at radius 2 is 1.61 bits per heavy atom. The SMILES string of the molecule is OC(c1ccncc1)(c1ccccn1)C(F)(F)F. The van der Waals surface area contributed by atoms with E-state index in [1.54, 1.807) is 0 Å². The second-order valence-corrected chi connectivity index (χ2v) is 3.66. The van der Waals surface area contributed by atoms with Crippen molar-refractivity contribution in [3.8, 4) is 0 Å². The van der Waals surface area contributed by atoms with Gasteiger partial charge < -0.3 is 5.11 Å². The van der Waals surface area contributed by atoms with Crippen LogP contribution in [0.5, 0.6) is 0 Å². The number of hydrogen-bond acceptors (Lipinski definition) is 3. The summed E-state index contributed by atoms with van der Waals surface area (Å²) < 4.78 is 39.5. The second-order valence-electron chi connectivity index (χ2n) is 3.66. The van der Waals surface area contributed by atoms with Crippen molar-refractivity contribution in [3.05, 3.63) is 60.2 Å². The Kier molecular flexibility index (Phi) is 3.04. The molecule has 0 aliphatic carbocycles. The van der Waals surface area contributed by atoms with Gasteiger partial charge in [0.25, 0.3) is 0 Å². The molecule has 0 saturated heterocycles. The fourth-order valence-electron chi connectivity index (χ4n) is 1.63. The number of rotatable bonds is 2. The molecule has 0 spiro atoms. The highest BCUT2D eigenvalue weighted by molar-refractivity contribution is 5.32. The van der Waals surface area contributed by atoms with Gasteiger partial charge in [-0.3, -0.25) is 9.97 Å². The van der Waals surface area contributed by atoms with Crippen LogP contribution >= 0.6 is 0 Å². The first-order chi connectivity index (χ1) is 8.46. The number of aromatic nitrogens is 2. The molecule has 6 heteroatoms. The Morgan fingerprint density at radius 1 is 0.944 bits per heavy atom. The van der Waals surface area contributed by atoms with Gasteiger partial charge in [-0.05, 0) is 24.3 Å². The number of alkyl halides is 3. The summed E-state index contributed by atoms with van der Waals surface area (Å²) in [4.78, 5) is 7.24. The fourth-order valence-corrected chi connectivity index (χ4v) is 1.63. The molecule has 0 radical (unpaired) electrons. The lowest BCUT2D eigenvalue weighted by Crippen LogP contribution is -2.44. The van der Waals surface area contributed by atoms with Crippen LogP contribution in [0.25, 0.3) is 0 Å². The van der Waals surface area contributed by atoms with Crippen LogP contribution in [0.1, 0.15) is 11.3 Å². The summed E-state index contributed by atoms with van der Waals surface area (Å²) in [7, 11) is 0. The van der Waals surface area contributed by atoms with Crippen LogP contribution in [0.2, 0.25) is 0 Å². The third-order valence-corrected chi connectivity index (χ3v) is 2.54. The van der Waals surface area contributed by atoms with Gasteiger partial charge in [0, 0.05) is 24.2 Å². The summed E-state index contributed by atoms with van der Waals surface area (Å²) in [6, 6.07) is 6.23. The molecule has 0 aliphatic heterocycles. The van der Waals surface area contributed by atoms with Gasteiger partial charge in [0.05, 0.1) is 5.69 Å². The summed E-state index contributed by atoms with van der Waals surface area (Å²) in [5.74, 6) is 0. The molecule has 0 bridgehead atoms. The quantitative estimate of drug-likeness (QED) is 0.894. The molecule has 2 aromatic rings. The van der Waals surface area contributed by atoms with E-state index in [-0.39, 0.29) is 5.56 Å². The highest BCUT2D eigenvalue weighted by Crippen LogP contribution is 2.42. The maximum atomic E-state index is 13.2. The van der Waals surface area contributed by atoms with Crippen LogP contribution in [-0.4, -0.2) is 21.3 Å². The minimum Gasteiger partial charge on any atom is -0.371 e. The first-order valence-corrected chi connectivity index (χ1v) is 5.07. The topological polar surface area (TPSA) is 46.0 Å². The first-order valence-electron chi connectivity index (χ1n) is 5.07. The lowest BCUT2D eigenvalue weighted by molar-refractivity contribution is -0.249. The van der Waals surface area contributed by atoms with Crippen molar-refractivity contribution in [3.63, 3.8) is 0 Å². The maximum absolute atomic E-state index is 13.2. The van der Waals surface area contributed by atoms with Crippen LogP contribution < -0.4 is 0 Å². The van der Waals surface area contributed by atoms with Gasteiger partial charge in [0.15, 0.2) is 0 Å². The molecule has 1 unspecified atom stereocenters. The Morgan fingerprint density at radius 3 is 2.11 bits per heavy atom. The van der Waals surface area contributed by atoms with Crippen molar-refractivity contribution in [1.29, 1.82) is 0 Å². The van der Waals surface area contributed by atoms with E-state index in [2.05, 4.69) is 9.97 Å². The molecule has 1 N–H and O–H groups in total. The predicted octanol–water partition coefficient (Wildman–Crippen LogP) is 2.27. The largest absolute Gasteiger partial charge is 0.427 e. The lowest BCUT2D eigenvalue weighted by Gasteiger charge is -2.30. The number of pyridine rings is 2. The zero-order valence-corrected chi connectivity index (χ0v) is 9.09. The fraction of sp³-hybridized carbons (Fsp3) is 0.167. The summed E-state index contributed by atoms with van der Waals surface area (Å²) in [6.07, 6.45) is -1.29. The molecule has 18 heavy (non-hydrogen) atoms. The van der Waals surface area contributed by atoms with Crippen LogP contribution in [0.4, 0.5) is 13.2 Å². The van der Waals surface area contributed by atoms with Crippen molar-refractivity contribution in [2.24, 2.45) is 0 Å². The molecule has 0 amide bonds. The minimum atomic E-state index is -4.87. The summed E-state index contributed by atoms with van der Waals surface area (Å²) in [6.45, 7) is 0. The van der Waals surface area contributed by atoms with Crippen molar-refractivity contribution in [1.82, 2.24) is 9.97 Å². The molecule has 2 rings (SSSR count). The van der Waals surface area contributed by atoms with E-state index in [0.29, 0.717) is 0 Å². The summed E-state index contributed by atoms with van der Waals surface area (Å²) >= 11 is 0. The molecule has 1 atom stereocenters. The average molecular weight is 254 g/mol. The van der Waals surface area contributed by atoms with Crippen LogP contribution in [0.15, 0.2) is 48.9 Å². The van der Waals surface area contributed by atoms with E-state index in [1.165, 1.54) is 30.7 Å². The number of hydrogen-bond donors (Lipinski definition) is 1. The zero-order chi connectivity index (χ0) is 13.2. The molecule has 2 aromatic heterocycles. The van der Waals surface area contributed by atoms with E-state index in [9.17, 15) is 18.3 Å². The van der Waals surface area contributed by atoms with E-state index >= 15 is 0 Å². The van der Waals surface area contributed by atoms with E-state index in [1.807, 2.05) is 0 Å². The van der Waals surface area contributed by atoms with Crippen LogP contribution in [0.3, 0.4) is 0 Å². The standard InChI is InChI=1S/C12H9F3N2O/c13-12(14,15)11(18,9-4-7-16-8-5-9)10-3-1-2-6-17-10/h1-8,18H. The summed E-state index contributed by atoms with van der Waals surface area (Å²) in [5, 5.41) is 10.1. The van der Waals surface area contributed by atoms with Crippen molar-refractivity contribution in [2.45, 2.75) is 11.8 Å². The number of aliphatic hydroxyl groups is 1. The predicted molar refractivity (Wildman–Crippen MR) is 57.5 cm³/mol. The Balaban J connectivity index is 2.63. The molecule has 0 fully saturated rings. The van der Waals surface area contributed by atoms with E-state index in [4.69, 9.17) is 0 Å². The first kappa shape index (κ1) is 12.5. The van der Waals surface area contributed by atoms with Gasteiger partial charge in [-0.15, -0.1) is 0 Å². The molecular weight excluding hydrogens is 245 g/mol. The molecule has 94 valence electrons. The van der Waals surface area contributed by atoms with Crippen molar-refractivity contribution >= 4 is 0 Å². The van der Waals surface area contributed by atoms with Gasteiger partial charge in [-0.1, -0.05) is 6.07 Å². The van der Waals surface area contributed by atoms with Gasteiger partial charge in [0.2, 0.25) is 5.60 Å². The van der Waals surface area contributed by atoms with E-state index in [0.717, 1.165) is 18.2 Å². The smallest absolute Gasteiger partial charge is 0.371 e. The summed E-state index contributed by atoms with van der Waals surface area (Å²) in [5.41, 5.74) is -3.91. The monoisotopic (exact) mass is 254 g/mol. The van der Waals surface area contributed by atoms with Gasteiger partial charge in [-0.2, -0.15) is 13.2 Å². The Bertz CT molecular complexity index is 474. The highest BCUT2D eigenvalue weighted by Gasteiger charge is 2.57. The normalized spacial score (nSPS) is 15.1. The maximum Gasteiger partial charge on any atom is 0.427 e. The van der Waals surface area contributed by atoms with Crippen molar-refractivity contribution in [2.75, 3.05) is 0 Å². The lowest BCUT2D eigenvalue weighted by atomic mass is 9.90. The van der Waals surface area contributed by atoms with Crippen molar-refractivity contribution < 1.29 is 18.3 Å². The number of nitrogens with zero attached hydrogens (tertiary/aromatic N) is 2. The molecular formula is C12H9F3N2O. The Labute approximate surface area is 101 Å². The Hall–Kier alpha value is -1.95. The van der Waals surface area contributed by atoms with Gasteiger partial charge >= 0.3 is 6.18 Å². The molecule has 0 saturated carbocycles. The van der Waals surface area contributed by atoms with Crippen LogP contribution in [-0.2, 0) is 5.60 Å². The number of halogens is 3.